The maximum atomic E-state index is 12.3. The minimum atomic E-state index is -0.383. The maximum Gasteiger partial charge on any atom is 0.140 e. The van der Waals surface area contributed by atoms with Crippen molar-refractivity contribution in [3.05, 3.63) is 35.4 Å². The molecule has 0 heterocycles. The van der Waals surface area contributed by atoms with Crippen LogP contribution in [0.1, 0.15) is 50.2 Å². The highest BCUT2D eigenvalue weighted by molar-refractivity contribution is 5.85. The van der Waals surface area contributed by atoms with Gasteiger partial charge in [-0.25, -0.2) is 0 Å². The van der Waals surface area contributed by atoms with Crippen molar-refractivity contribution in [3.63, 3.8) is 0 Å². The summed E-state index contributed by atoms with van der Waals surface area (Å²) < 4.78 is 0. The van der Waals surface area contributed by atoms with Gasteiger partial charge in [-0.05, 0) is 36.3 Å². The van der Waals surface area contributed by atoms with E-state index in [1.165, 1.54) is 17.5 Å². The second-order valence-electron chi connectivity index (χ2n) is 6.00. The van der Waals surface area contributed by atoms with E-state index in [-0.39, 0.29) is 5.41 Å². The molecule has 18 heavy (non-hydrogen) atoms. The van der Waals surface area contributed by atoms with E-state index in [4.69, 9.17) is 5.73 Å². The van der Waals surface area contributed by atoms with Gasteiger partial charge in [0.1, 0.15) is 5.78 Å². The first-order valence-electron chi connectivity index (χ1n) is 6.86. The predicted molar refractivity (Wildman–Crippen MR) is 74.6 cm³/mol. The van der Waals surface area contributed by atoms with Gasteiger partial charge >= 0.3 is 0 Å². The lowest BCUT2D eigenvalue weighted by Gasteiger charge is -2.28. The molecule has 98 valence electrons. The number of nitrogens with two attached hydrogens (primary N) is 1. The van der Waals surface area contributed by atoms with E-state index in [1.54, 1.807) is 0 Å². The lowest BCUT2D eigenvalue weighted by molar-refractivity contribution is -0.127. The number of carbonyl (C=O) groups excluding carboxylic acids is 1. The van der Waals surface area contributed by atoms with Crippen LogP contribution < -0.4 is 5.73 Å². The van der Waals surface area contributed by atoms with E-state index in [0.29, 0.717) is 24.7 Å². The molecule has 1 aliphatic carbocycles. The quantitative estimate of drug-likeness (QED) is 0.886. The number of hydrogen-bond donors (Lipinski definition) is 1. The minimum Gasteiger partial charge on any atom is -0.329 e. The molecule has 0 aliphatic heterocycles. The smallest absolute Gasteiger partial charge is 0.140 e. The SMILES string of the molecule is CC(C)(CN)C(=O)CC1CCCc2ccccc21. The molecule has 2 N–H and O–H groups in total. The molecule has 0 amide bonds. The third-order valence-corrected chi connectivity index (χ3v) is 4.19. The van der Waals surface area contributed by atoms with E-state index in [2.05, 4.69) is 24.3 Å². The van der Waals surface area contributed by atoms with Crippen LogP contribution in [0.3, 0.4) is 0 Å². The first-order chi connectivity index (χ1) is 8.54. The molecule has 0 saturated heterocycles. The molecule has 0 bridgehead atoms. The third-order valence-electron chi connectivity index (χ3n) is 4.19. The van der Waals surface area contributed by atoms with Crippen molar-refractivity contribution >= 4 is 5.78 Å². The van der Waals surface area contributed by atoms with Crippen LogP contribution in [0.5, 0.6) is 0 Å². The summed E-state index contributed by atoms with van der Waals surface area (Å²) in [6.45, 7) is 4.33. The monoisotopic (exact) mass is 245 g/mol. The van der Waals surface area contributed by atoms with Crippen LogP contribution in [-0.2, 0) is 11.2 Å². The molecule has 1 aromatic rings. The summed E-state index contributed by atoms with van der Waals surface area (Å²) in [5.74, 6) is 0.694. The molecule has 0 radical (unpaired) electrons. The van der Waals surface area contributed by atoms with Crippen LogP contribution in [-0.4, -0.2) is 12.3 Å². The first-order valence-corrected chi connectivity index (χ1v) is 6.86. The molecule has 1 aliphatic rings. The molecule has 1 unspecified atom stereocenters. The van der Waals surface area contributed by atoms with Gasteiger partial charge in [0, 0.05) is 18.4 Å². The van der Waals surface area contributed by atoms with Crippen LogP contribution >= 0.6 is 0 Å². The molecular weight excluding hydrogens is 222 g/mol. The van der Waals surface area contributed by atoms with Crippen molar-refractivity contribution in [1.29, 1.82) is 0 Å². The Morgan fingerprint density at radius 3 is 2.83 bits per heavy atom. The van der Waals surface area contributed by atoms with E-state index >= 15 is 0 Å². The third kappa shape index (κ3) is 2.64. The fourth-order valence-corrected chi connectivity index (χ4v) is 2.68. The van der Waals surface area contributed by atoms with Crippen molar-refractivity contribution in [2.75, 3.05) is 6.54 Å². The maximum absolute atomic E-state index is 12.3. The summed E-state index contributed by atoms with van der Waals surface area (Å²) in [6.07, 6.45) is 4.11. The molecule has 2 heteroatoms. The Kier molecular flexibility index (Phi) is 3.86. The summed E-state index contributed by atoms with van der Waals surface area (Å²) in [6, 6.07) is 8.55. The van der Waals surface area contributed by atoms with Crippen molar-refractivity contribution in [2.45, 2.75) is 45.4 Å². The number of benzene rings is 1. The van der Waals surface area contributed by atoms with E-state index in [0.717, 1.165) is 12.8 Å². The van der Waals surface area contributed by atoms with E-state index in [1.807, 2.05) is 13.8 Å². The molecule has 1 atom stereocenters. The summed E-state index contributed by atoms with van der Waals surface area (Å²) >= 11 is 0. The van der Waals surface area contributed by atoms with Crippen molar-refractivity contribution in [3.8, 4) is 0 Å². The van der Waals surface area contributed by atoms with Gasteiger partial charge in [-0.15, -0.1) is 0 Å². The Labute approximate surface area is 110 Å². The molecule has 0 aromatic heterocycles. The topological polar surface area (TPSA) is 43.1 Å². The van der Waals surface area contributed by atoms with Gasteiger partial charge in [0.25, 0.3) is 0 Å². The predicted octanol–water partition coefficient (Wildman–Crippen LogP) is 3.05. The van der Waals surface area contributed by atoms with Crippen molar-refractivity contribution in [1.82, 2.24) is 0 Å². The number of Topliss-reactive ketones (excluding diaryl/α,β-unsaturated/α-hetero) is 1. The Bertz CT molecular complexity index is 436. The summed E-state index contributed by atoms with van der Waals surface area (Å²) in [5, 5.41) is 0. The van der Waals surface area contributed by atoms with Gasteiger partial charge in [0.2, 0.25) is 0 Å². The highest BCUT2D eigenvalue weighted by atomic mass is 16.1. The average molecular weight is 245 g/mol. The number of ketones is 1. The summed E-state index contributed by atoms with van der Waals surface area (Å²) in [5.41, 5.74) is 8.11. The number of carbonyl (C=O) groups is 1. The molecule has 0 spiro atoms. The number of fused-ring (bicyclic) bond motifs is 1. The largest absolute Gasteiger partial charge is 0.329 e. The Morgan fingerprint density at radius 2 is 2.11 bits per heavy atom. The zero-order valence-electron chi connectivity index (χ0n) is 11.4. The normalized spacial score (nSPS) is 19.4. The van der Waals surface area contributed by atoms with Gasteiger partial charge in [0.05, 0.1) is 0 Å². The first kappa shape index (κ1) is 13.3. The zero-order valence-corrected chi connectivity index (χ0v) is 11.4. The molecule has 0 fully saturated rings. The zero-order chi connectivity index (χ0) is 13.2. The second kappa shape index (κ2) is 5.23. The standard InChI is InChI=1S/C16H23NO/c1-16(2,11-17)15(18)10-13-8-5-7-12-6-3-4-9-14(12)13/h3-4,6,9,13H,5,7-8,10-11,17H2,1-2H3. The fourth-order valence-electron chi connectivity index (χ4n) is 2.68. The molecule has 2 nitrogen and oxygen atoms in total. The highest BCUT2D eigenvalue weighted by Gasteiger charge is 2.30. The van der Waals surface area contributed by atoms with Crippen LogP contribution in [0.2, 0.25) is 0 Å². The van der Waals surface area contributed by atoms with Crippen LogP contribution in [0.25, 0.3) is 0 Å². The average Bonchev–Trinajstić information content (AvgIpc) is 2.39. The van der Waals surface area contributed by atoms with Gasteiger partial charge in [-0.3, -0.25) is 4.79 Å². The number of aryl methyl sites for hydroxylation is 1. The molecule has 1 aromatic carbocycles. The fraction of sp³-hybridized carbons (Fsp3) is 0.562. The van der Waals surface area contributed by atoms with Crippen LogP contribution in [0.4, 0.5) is 0 Å². The highest BCUT2D eigenvalue weighted by Crippen LogP contribution is 2.35. The Balaban J connectivity index is 2.15. The van der Waals surface area contributed by atoms with Gasteiger partial charge in [-0.1, -0.05) is 38.1 Å². The summed E-state index contributed by atoms with van der Waals surface area (Å²) in [7, 11) is 0. The Morgan fingerprint density at radius 1 is 1.39 bits per heavy atom. The molecule has 2 rings (SSSR count). The van der Waals surface area contributed by atoms with Gasteiger partial charge < -0.3 is 5.73 Å². The van der Waals surface area contributed by atoms with E-state index in [9.17, 15) is 4.79 Å². The van der Waals surface area contributed by atoms with Crippen molar-refractivity contribution in [2.24, 2.45) is 11.1 Å². The number of hydrogen-bond acceptors (Lipinski definition) is 2. The lowest BCUT2D eigenvalue weighted by atomic mass is 9.76. The van der Waals surface area contributed by atoms with E-state index < -0.39 is 0 Å². The minimum absolute atomic E-state index is 0.298. The van der Waals surface area contributed by atoms with Gasteiger partial charge in [-0.2, -0.15) is 0 Å². The van der Waals surface area contributed by atoms with Crippen LogP contribution in [0, 0.1) is 5.41 Å². The lowest BCUT2D eigenvalue weighted by Crippen LogP contribution is -2.34. The summed E-state index contributed by atoms with van der Waals surface area (Å²) in [4.78, 5) is 12.3. The Hall–Kier alpha value is -1.15. The second-order valence-corrected chi connectivity index (χ2v) is 6.00. The molecule has 0 saturated carbocycles. The number of rotatable bonds is 4. The van der Waals surface area contributed by atoms with Gasteiger partial charge in [0.15, 0.2) is 0 Å². The van der Waals surface area contributed by atoms with Crippen molar-refractivity contribution < 1.29 is 4.79 Å². The molecular formula is C16H23NO. The van der Waals surface area contributed by atoms with Crippen LogP contribution in [0.15, 0.2) is 24.3 Å².